The van der Waals surface area contributed by atoms with Crippen molar-refractivity contribution < 1.29 is 9.90 Å². The lowest BCUT2D eigenvalue weighted by atomic mass is 10.3. The van der Waals surface area contributed by atoms with Crippen LogP contribution < -0.4 is 0 Å². The van der Waals surface area contributed by atoms with Gasteiger partial charge in [0.1, 0.15) is 0 Å². The van der Waals surface area contributed by atoms with Crippen molar-refractivity contribution in [1.29, 1.82) is 0 Å². The van der Waals surface area contributed by atoms with Crippen molar-refractivity contribution in [3.8, 4) is 0 Å². The van der Waals surface area contributed by atoms with Crippen molar-refractivity contribution in [3.63, 3.8) is 0 Å². The summed E-state index contributed by atoms with van der Waals surface area (Å²) in [6.07, 6.45) is 4.56. The largest absolute Gasteiger partial charge is 0.478 e. The van der Waals surface area contributed by atoms with Crippen LogP contribution in [-0.2, 0) is 4.79 Å². The summed E-state index contributed by atoms with van der Waals surface area (Å²) in [6.45, 7) is 1.86. The lowest BCUT2D eigenvalue weighted by molar-refractivity contribution is -0.131. The van der Waals surface area contributed by atoms with E-state index in [-0.39, 0.29) is 0 Å². The topological polar surface area (TPSA) is 54.6 Å². The number of rotatable bonds is 2. The Bertz CT molecular complexity index is 510. The zero-order chi connectivity index (χ0) is 10.1. The molecule has 0 aromatic carbocycles. The molecule has 72 valence electrons. The van der Waals surface area contributed by atoms with E-state index in [1.807, 2.05) is 22.9 Å². The maximum Gasteiger partial charge on any atom is 0.328 e. The highest BCUT2D eigenvalue weighted by atomic mass is 32.1. The maximum absolute atomic E-state index is 10.4. The molecular weight excluding hydrogens is 200 g/mol. The summed E-state index contributed by atoms with van der Waals surface area (Å²) < 4.78 is 1.87. The average molecular weight is 208 g/mol. The van der Waals surface area contributed by atoms with Crippen molar-refractivity contribution in [1.82, 2.24) is 9.38 Å². The van der Waals surface area contributed by atoms with Gasteiger partial charge >= 0.3 is 5.97 Å². The predicted octanol–water partition coefficient (Wildman–Crippen LogP) is 1.80. The van der Waals surface area contributed by atoms with Crippen LogP contribution in [0.5, 0.6) is 0 Å². The monoisotopic (exact) mass is 208 g/mol. The molecule has 0 aliphatic heterocycles. The summed E-state index contributed by atoms with van der Waals surface area (Å²) in [5.41, 5.74) is 1.66. The van der Waals surface area contributed by atoms with Gasteiger partial charge in [-0.3, -0.25) is 4.40 Å². The molecule has 0 unspecified atom stereocenters. The lowest BCUT2D eigenvalue weighted by Gasteiger charge is -1.90. The molecule has 5 heteroatoms. The minimum absolute atomic E-state index is 0.823. The molecule has 0 fully saturated rings. The van der Waals surface area contributed by atoms with E-state index >= 15 is 0 Å². The van der Waals surface area contributed by atoms with Crippen LogP contribution in [0.2, 0.25) is 0 Å². The third kappa shape index (κ3) is 1.42. The highest BCUT2D eigenvalue weighted by molar-refractivity contribution is 7.15. The zero-order valence-electron chi connectivity index (χ0n) is 7.47. The number of aliphatic carboxylic acids is 1. The number of fused-ring (bicyclic) bond motifs is 1. The van der Waals surface area contributed by atoms with E-state index in [9.17, 15) is 4.79 Å². The number of hydrogen-bond donors (Lipinski definition) is 1. The van der Waals surface area contributed by atoms with Crippen LogP contribution in [-0.4, -0.2) is 20.5 Å². The second-order valence-corrected chi connectivity index (χ2v) is 3.68. The van der Waals surface area contributed by atoms with Crippen LogP contribution in [0, 0.1) is 6.92 Å². The molecular formula is C9H8N2O2S. The molecule has 0 amide bonds. The quantitative estimate of drug-likeness (QED) is 0.765. The van der Waals surface area contributed by atoms with Crippen molar-refractivity contribution >= 4 is 28.3 Å². The molecule has 2 aromatic rings. The van der Waals surface area contributed by atoms with E-state index in [2.05, 4.69) is 4.98 Å². The second-order valence-electron chi connectivity index (χ2n) is 2.81. The molecule has 0 aliphatic carbocycles. The molecule has 14 heavy (non-hydrogen) atoms. The molecule has 0 atom stereocenters. The molecule has 2 heterocycles. The van der Waals surface area contributed by atoms with E-state index in [1.165, 1.54) is 11.3 Å². The van der Waals surface area contributed by atoms with Gasteiger partial charge in [0.25, 0.3) is 0 Å². The summed E-state index contributed by atoms with van der Waals surface area (Å²) in [5.74, 6) is -0.949. The van der Waals surface area contributed by atoms with Crippen LogP contribution in [0.4, 0.5) is 0 Å². The van der Waals surface area contributed by atoms with Gasteiger partial charge in [-0.05, 0) is 13.0 Å². The number of aryl methyl sites for hydroxylation is 1. The second kappa shape index (κ2) is 3.26. The number of carboxylic acids is 1. The Kier molecular flexibility index (Phi) is 2.09. The van der Waals surface area contributed by atoms with E-state index in [0.29, 0.717) is 0 Å². The fraction of sp³-hybridized carbons (Fsp3) is 0.111. The molecule has 0 aliphatic rings. The van der Waals surface area contributed by atoms with Gasteiger partial charge in [0.15, 0.2) is 4.96 Å². The Morgan fingerprint density at radius 2 is 2.50 bits per heavy atom. The van der Waals surface area contributed by atoms with E-state index < -0.39 is 5.97 Å². The van der Waals surface area contributed by atoms with Crippen molar-refractivity contribution in [2.45, 2.75) is 6.92 Å². The molecule has 4 nitrogen and oxygen atoms in total. The molecule has 0 saturated carbocycles. The number of carbonyl (C=O) groups is 1. The third-order valence-corrected chi connectivity index (χ3v) is 2.62. The van der Waals surface area contributed by atoms with Crippen LogP contribution >= 0.6 is 11.3 Å². The Hall–Kier alpha value is -1.62. The van der Waals surface area contributed by atoms with Crippen molar-refractivity contribution in [3.05, 3.63) is 29.0 Å². The smallest absolute Gasteiger partial charge is 0.328 e. The minimum atomic E-state index is -0.949. The minimum Gasteiger partial charge on any atom is -0.478 e. The van der Waals surface area contributed by atoms with Gasteiger partial charge in [-0.25, -0.2) is 9.78 Å². The number of imidazole rings is 1. The molecule has 0 spiro atoms. The first-order valence-corrected chi connectivity index (χ1v) is 4.89. The van der Waals surface area contributed by atoms with Gasteiger partial charge in [0.2, 0.25) is 0 Å². The number of thiazole rings is 1. The molecule has 0 radical (unpaired) electrons. The molecule has 2 aromatic heterocycles. The van der Waals surface area contributed by atoms with Crippen LogP contribution in [0.15, 0.2) is 17.7 Å². The summed E-state index contributed by atoms with van der Waals surface area (Å²) in [5, 5.41) is 10.4. The SMILES string of the molecule is Cc1nc2sccn2c1/C=C/C(=O)O. The fourth-order valence-electron chi connectivity index (χ4n) is 1.26. The van der Waals surface area contributed by atoms with Gasteiger partial charge in [0.05, 0.1) is 11.4 Å². The van der Waals surface area contributed by atoms with E-state index in [1.54, 1.807) is 6.08 Å². The van der Waals surface area contributed by atoms with Gasteiger partial charge in [-0.1, -0.05) is 0 Å². The Morgan fingerprint density at radius 3 is 3.21 bits per heavy atom. The van der Waals surface area contributed by atoms with Gasteiger partial charge < -0.3 is 5.11 Å². The van der Waals surface area contributed by atoms with Crippen LogP contribution in [0.1, 0.15) is 11.4 Å². The first kappa shape index (κ1) is 8.96. The number of hydrogen-bond acceptors (Lipinski definition) is 3. The van der Waals surface area contributed by atoms with Gasteiger partial charge in [0, 0.05) is 17.7 Å². The highest BCUT2D eigenvalue weighted by Crippen LogP contribution is 2.17. The number of nitrogens with zero attached hydrogens (tertiary/aromatic N) is 2. The molecule has 1 N–H and O–H groups in total. The summed E-state index contributed by atoms with van der Waals surface area (Å²) >= 11 is 1.53. The summed E-state index contributed by atoms with van der Waals surface area (Å²) in [6, 6.07) is 0. The molecule has 2 rings (SSSR count). The standard InChI is InChI=1S/C9H8N2O2S/c1-6-7(2-3-8(12)13)11-4-5-14-9(11)10-6/h2-5H,1H3,(H,12,13)/b3-2+. The van der Waals surface area contributed by atoms with E-state index in [4.69, 9.17) is 5.11 Å². The van der Waals surface area contributed by atoms with Crippen LogP contribution in [0.3, 0.4) is 0 Å². The molecule has 0 saturated heterocycles. The lowest BCUT2D eigenvalue weighted by Crippen LogP contribution is -1.88. The molecule has 0 bridgehead atoms. The first-order valence-electron chi connectivity index (χ1n) is 4.01. The zero-order valence-corrected chi connectivity index (χ0v) is 8.28. The average Bonchev–Trinajstić information content (AvgIpc) is 2.61. The summed E-state index contributed by atoms with van der Waals surface area (Å²) in [4.78, 5) is 15.5. The normalized spacial score (nSPS) is 11.5. The Balaban J connectivity index is 2.54. The first-order chi connectivity index (χ1) is 6.68. The Morgan fingerprint density at radius 1 is 1.71 bits per heavy atom. The van der Waals surface area contributed by atoms with E-state index in [0.717, 1.165) is 22.4 Å². The van der Waals surface area contributed by atoms with Crippen molar-refractivity contribution in [2.24, 2.45) is 0 Å². The number of aromatic nitrogens is 2. The maximum atomic E-state index is 10.4. The Labute approximate surface area is 84.1 Å². The predicted molar refractivity (Wildman–Crippen MR) is 54.5 cm³/mol. The van der Waals surface area contributed by atoms with Gasteiger partial charge in [-0.15, -0.1) is 11.3 Å². The highest BCUT2D eigenvalue weighted by Gasteiger charge is 2.06. The third-order valence-electron chi connectivity index (χ3n) is 1.87. The van der Waals surface area contributed by atoms with Crippen LogP contribution in [0.25, 0.3) is 11.0 Å². The van der Waals surface area contributed by atoms with Crippen molar-refractivity contribution in [2.75, 3.05) is 0 Å². The number of carboxylic acid groups (broad SMARTS) is 1. The fourth-order valence-corrected chi connectivity index (χ4v) is 2.03. The van der Waals surface area contributed by atoms with Gasteiger partial charge in [-0.2, -0.15) is 0 Å². The summed E-state index contributed by atoms with van der Waals surface area (Å²) in [7, 11) is 0.